The molecule has 3 heteroatoms. The van der Waals surface area contributed by atoms with Crippen LogP contribution in [0.5, 0.6) is 0 Å². The van der Waals surface area contributed by atoms with Crippen molar-refractivity contribution in [1.29, 1.82) is 0 Å². The molecule has 0 heterocycles. The van der Waals surface area contributed by atoms with Crippen LogP contribution in [0.15, 0.2) is 0 Å². The molecule has 2 N–H and O–H groups in total. The van der Waals surface area contributed by atoms with Gasteiger partial charge in [-0.1, -0.05) is 34.1 Å². The fraction of sp³-hybridized carbons (Fsp3) is 0.917. The van der Waals surface area contributed by atoms with E-state index in [1.54, 1.807) is 4.90 Å². The molecule has 0 bridgehead atoms. The van der Waals surface area contributed by atoms with Gasteiger partial charge in [-0.15, -0.1) is 0 Å². The molecule has 0 radical (unpaired) electrons. The van der Waals surface area contributed by atoms with Crippen LogP contribution in [-0.2, 0) is 4.79 Å². The largest absolute Gasteiger partial charge is 0.341 e. The summed E-state index contributed by atoms with van der Waals surface area (Å²) in [5.41, 5.74) is 5.91. The average Bonchev–Trinajstić information content (AvgIpc) is 2.13. The third-order valence-electron chi connectivity index (χ3n) is 3.10. The molecule has 2 atom stereocenters. The maximum atomic E-state index is 11.9. The summed E-state index contributed by atoms with van der Waals surface area (Å²) in [4.78, 5) is 13.7. The Bertz CT molecular complexity index is 208. The van der Waals surface area contributed by atoms with Gasteiger partial charge in [0.25, 0.3) is 0 Å². The molecule has 0 fully saturated rings. The second-order valence-corrected chi connectivity index (χ2v) is 5.39. The maximum Gasteiger partial charge on any atom is 0.239 e. The van der Waals surface area contributed by atoms with Gasteiger partial charge in [0, 0.05) is 13.1 Å². The van der Waals surface area contributed by atoms with Gasteiger partial charge in [-0.25, -0.2) is 0 Å². The normalized spacial score (nSPS) is 15.9. The number of hydrogen-bond acceptors (Lipinski definition) is 2. The molecule has 0 aromatic heterocycles. The van der Waals surface area contributed by atoms with Crippen LogP contribution in [0.2, 0.25) is 0 Å². The number of hydrogen-bond donors (Lipinski definition) is 1. The summed E-state index contributed by atoms with van der Waals surface area (Å²) < 4.78 is 0. The first-order chi connectivity index (χ1) is 6.71. The van der Waals surface area contributed by atoms with E-state index in [-0.39, 0.29) is 23.4 Å². The quantitative estimate of drug-likeness (QED) is 0.778. The molecule has 0 aliphatic carbocycles. The maximum absolute atomic E-state index is 11.9. The van der Waals surface area contributed by atoms with Gasteiger partial charge in [-0.3, -0.25) is 4.79 Å². The summed E-state index contributed by atoms with van der Waals surface area (Å²) in [6.07, 6.45) is 1.71. The summed E-state index contributed by atoms with van der Waals surface area (Å²) in [5, 5.41) is 0. The zero-order chi connectivity index (χ0) is 12.2. The summed E-state index contributed by atoms with van der Waals surface area (Å²) in [6.45, 7) is 10.5. The van der Waals surface area contributed by atoms with E-state index in [9.17, 15) is 4.79 Å². The second kappa shape index (κ2) is 5.50. The molecule has 0 rings (SSSR count). The molecule has 1 amide bonds. The molecule has 3 nitrogen and oxygen atoms in total. The monoisotopic (exact) mass is 214 g/mol. The van der Waals surface area contributed by atoms with Crippen molar-refractivity contribution >= 4 is 5.91 Å². The van der Waals surface area contributed by atoms with Crippen LogP contribution >= 0.6 is 0 Å². The lowest BCUT2D eigenvalue weighted by atomic mass is 9.87. The summed E-state index contributed by atoms with van der Waals surface area (Å²) in [7, 11) is 1.84. The summed E-state index contributed by atoms with van der Waals surface area (Å²) >= 11 is 0. The van der Waals surface area contributed by atoms with Gasteiger partial charge in [0.05, 0.1) is 6.04 Å². The van der Waals surface area contributed by atoms with Gasteiger partial charge in [0.2, 0.25) is 5.91 Å². The average molecular weight is 214 g/mol. The topological polar surface area (TPSA) is 46.3 Å². The van der Waals surface area contributed by atoms with Gasteiger partial charge in [-0.2, -0.15) is 0 Å². The number of nitrogens with two attached hydrogens (primary N) is 1. The van der Waals surface area contributed by atoms with Crippen LogP contribution in [0.4, 0.5) is 0 Å². The Morgan fingerprint density at radius 3 is 2.20 bits per heavy atom. The highest BCUT2D eigenvalue weighted by Gasteiger charge is 2.29. The van der Waals surface area contributed by atoms with Gasteiger partial charge in [-0.05, 0) is 18.8 Å². The van der Waals surface area contributed by atoms with Crippen molar-refractivity contribution in [2.45, 2.75) is 59.5 Å². The van der Waals surface area contributed by atoms with E-state index in [0.29, 0.717) is 0 Å². The molecule has 0 aromatic carbocycles. The summed E-state index contributed by atoms with van der Waals surface area (Å²) in [5.74, 6) is 0.0549. The van der Waals surface area contributed by atoms with Crippen molar-refractivity contribution in [3.05, 3.63) is 0 Å². The zero-order valence-electron chi connectivity index (χ0n) is 11.0. The Labute approximate surface area is 94.0 Å². The second-order valence-electron chi connectivity index (χ2n) is 5.39. The number of carbonyl (C=O) groups excluding carboxylic acids is 1. The molecule has 90 valence electrons. The lowest BCUT2D eigenvalue weighted by Gasteiger charge is -2.36. The van der Waals surface area contributed by atoms with E-state index in [1.807, 2.05) is 14.0 Å². The van der Waals surface area contributed by atoms with Crippen LogP contribution in [-0.4, -0.2) is 29.9 Å². The van der Waals surface area contributed by atoms with Crippen molar-refractivity contribution in [2.75, 3.05) is 7.05 Å². The van der Waals surface area contributed by atoms with Crippen LogP contribution < -0.4 is 5.73 Å². The number of carbonyl (C=O) groups is 1. The number of nitrogens with zero attached hydrogens (tertiary/aromatic N) is 1. The Balaban J connectivity index is 4.44. The molecule has 0 aliphatic heterocycles. The SMILES string of the molecule is CCC[C@H](N)C(=O)N(C)C(C)C(C)(C)C. The van der Waals surface area contributed by atoms with Crippen LogP contribution in [0.3, 0.4) is 0 Å². The van der Waals surface area contributed by atoms with Crippen molar-refractivity contribution in [3.8, 4) is 0 Å². The molecule has 0 aliphatic rings. The molecule has 0 saturated heterocycles. The van der Waals surface area contributed by atoms with E-state index < -0.39 is 0 Å². The third kappa shape index (κ3) is 4.20. The van der Waals surface area contributed by atoms with E-state index in [0.717, 1.165) is 12.8 Å². The highest BCUT2D eigenvalue weighted by atomic mass is 16.2. The smallest absolute Gasteiger partial charge is 0.239 e. The molecular weight excluding hydrogens is 188 g/mol. The Hall–Kier alpha value is -0.570. The Morgan fingerprint density at radius 2 is 1.87 bits per heavy atom. The third-order valence-corrected chi connectivity index (χ3v) is 3.10. The minimum atomic E-state index is -0.343. The Morgan fingerprint density at radius 1 is 1.40 bits per heavy atom. The number of amides is 1. The predicted molar refractivity (Wildman–Crippen MR) is 64.6 cm³/mol. The molecule has 0 aromatic rings. The minimum Gasteiger partial charge on any atom is -0.341 e. The highest BCUT2D eigenvalue weighted by Crippen LogP contribution is 2.23. The standard InChI is InChI=1S/C12H26N2O/c1-7-8-10(13)11(15)14(6)9(2)12(3,4)5/h9-10H,7-8,13H2,1-6H3/t9?,10-/m0/s1. The fourth-order valence-electron chi connectivity index (χ4n) is 1.47. The number of rotatable bonds is 4. The van der Waals surface area contributed by atoms with E-state index >= 15 is 0 Å². The van der Waals surface area contributed by atoms with Crippen molar-refractivity contribution in [1.82, 2.24) is 4.90 Å². The fourth-order valence-corrected chi connectivity index (χ4v) is 1.47. The van der Waals surface area contributed by atoms with Gasteiger partial charge < -0.3 is 10.6 Å². The lowest BCUT2D eigenvalue weighted by molar-refractivity contribution is -0.135. The highest BCUT2D eigenvalue weighted by molar-refractivity contribution is 5.81. The van der Waals surface area contributed by atoms with Gasteiger partial charge in [0.15, 0.2) is 0 Å². The number of likely N-dealkylation sites (N-methyl/N-ethyl adjacent to an activating group) is 1. The molecular formula is C12H26N2O. The first-order valence-corrected chi connectivity index (χ1v) is 5.74. The van der Waals surface area contributed by atoms with E-state index in [1.165, 1.54) is 0 Å². The van der Waals surface area contributed by atoms with Gasteiger partial charge in [0.1, 0.15) is 0 Å². The first-order valence-electron chi connectivity index (χ1n) is 5.74. The Kier molecular flexibility index (Phi) is 5.29. The van der Waals surface area contributed by atoms with Crippen LogP contribution in [0.25, 0.3) is 0 Å². The summed E-state index contributed by atoms with van der Waals surface area (Å²) in [6, 6.07) is -0.141. The van der Waals surface area contributed by atoms with Gasteiger partial charge >= 0.3 is 0 Å². The van der Waals surface area contributed by atoms with Crippen LogP contribution in [0, 0.1) is 5.41 Å². The molecule has 0 spiro atoms. The van der Waals surface area contributed by atoms with E-state index in [4.69, 9.17) is 5.73 Å². The molecule has 15 heavy (non-hydrogen) atoms. The van der Waals surface area contributed by atoms with Crippen molar-refractivity contribution in [2.24, 2.45) is 11.1 Å². The van der Waals surface area contributed by atoms with Crippen molar-refractivity contribution < 1.29 is 4.79 Å². The molecule has 0 saturated carbocycles. The van der Waals surface area contributed by atoms with Crippen LogP contribution in [0.1, 0.15) is 47.5 Å². The molecule has 1 unspecified atom stereocenters. The van der Waals surface area contributed by atoms with E-state index in [2.05, 4.69) is 27.7 Å². The predicted octanol–water partition coefficient (Wildman–Crippen LogP) is 2.01. The minimum absolute atomic E-state index is 0.0549. The first kappa shape index (κ1) is 14.4. The lowest BCUT2D eigenvalue weighted by Crippen LogP contribution is -2.49. The zero-order valence-corrected chi connectivity index (χ0v) is 11.0. The van der Waals surface area contributed by atoms with Crippen molar-refractivity contribution in [3.63, 3.8) is 0 Å².